The highest BCUT2D eigenvalue weighted by atomic mass is 127. The molecule has 0 saturated carbocycles. The van der Waals surface area contributed by atoms with Gasteiger partial charge in [-0.2, -0.15) is 0 Å². The quantitative estimate of drug-likeness (QED) is 0.697. The van der Waals surface area contributed by atoms with Gasteiger partial charge >= 0.3 is 5.97 Å². The van der Waals surface area contributed by atoms with E-state index in [9.17, 15) is 4.79 Å². The van der Waals surface area contributed by atoms with E-state index in [1.54, 1.807) is 30.7 Å². The van der Waals surface area contributed by atoms with Gasteiger partial charge in [-0.1, -0.05) is 0 Å². The summed E-state index contributed by atoms with van der Waals surface area (Å²) in [6.07, 6.45) is 3.13. The van der Waals surface area contributed by atoms with Crippen molar-refractivity contribution in [3.8, 4) is 11.6 Å². The first-order valence-corrected chi connectivity index (χ1v) is 6.76. The number of ether oxygens (including phenoxy) is 1. The van der Waals surface area contributed by atoms with Gasteiger partial charge in [-0.3, -0.25) is 0 Å². The van der Waals surface area contributed by atoms with Crippen LogP contribution in [0.25, 0.3) is 11.0 Å². The molecule has 100 valence electrons. The average Bonchev–Trinajstić information content (AvgIpc) is 2.90. The van der Waals surface area contributed by atoms with Gasteiger partial charge in [0, 0.05) is 6.20 Å². The lowest BCUT2D eigenvalue weighted by atomic mass is 10.2. The molecular formula is C14H8INO4. The number of nitrogens with zero attached hydrogens (tertiary/aromatic N) is 1. The molecule has 0 amide bonds. The summed E-state index contributed by atoms with van der Waals surface area (Å²) in [6.45, 7) is 0. The topological polar surface area (TPSA) is 72.6 Å². The summed E-state index contributed by atoms with van der Waals surface area (Å²) < 4.78 is 11.8. The number of hydrogen-bond donors (Lipinski definition) is 1. The number of fused-ring (bicyclic) bond motifs is 1. The van der Waals surface area contributed by atoms with Crippen LogP contribution >= 0.6 is 22.6 Å². The Morgan fingerprint density at radius 1 is 1.30 bits per heavy atom. The number of carbonyl (C=O) groups is 1. The minimum Gasteiger partial charge on any atom is -0.478 e. The van der Waals surface area contributed by atoms with Crippen LogP contribution < -0.4 is 4.74 Å². The molecule has 20 heavy (non-hydrogen) atoms. The molecule has 3 aromatic rings. The fourth-order valence-electron chi connectivity index (χ4n) is 1.77. The number of furan rings is 1. The van der Waals surface area contributed by atoms with E-state index in [-0.39, 0.29) is 5.56 Å². The summed E-state index contributed by atoms with van der Waals surface area (Å²) in [7, 11) is 0. The van der Waals surface area contributed by atoms with E-state index < -0.39 is 5.97 Å². The molecule has 0 fully saturated rings. The number of aromatic carboxylic acids is 1. The summed E-state index contributed by atoms with van der Waals surface area (Å²) in [4.78, 5) is 15.2. The Hall–Kier alpha value is -2.09. The molecule has 0 aliphatic heterocycles. The first-order chi connectivity index (χ1) is 9.65. The van der Waals surface area contributed by atoms with Crippen molar-refractivity contribution in [1.82, 2.24) is 4.98 Å². The molecule has 0 spiro atoms. The number of pyridine rings is 1. The molecule has 6 heteroatoms. The molecule has 1 aromatic carbocycles. The van der Waals surface area contributed by atoms with Crippen molar-refractivity contribution in [2.45, 2.75) is 0 Å². The zero-order valence-electron chi connectivity index (χ0n) is 10.0. The maximum absolute atomic E-state index is 11.0. The number of hydrogen-bond acceptors (Lipinski definition) is 4. The molecular weight excluding hydrogens is 373 g/mol. The summed E-state index contributed by atoms with van der Waals surface area (Å²) >= 11 is 2.08. The first-order valence-electron chi connectivity index (χ1n) is 5.68. The molecule has 0 aliphatic rings. The Morgan fingerprint density at radius 3 is 2.95 bits per heavy atom. The highest BCUT2D eigenvalue weighted by molar-refractivity contribution is 14.1. The lowest BCUT2D eigenvalue weighted by molar-refractivity contribution is 0.0696. The molecule has 3 rings (SSSR count). The van der Waals surface area contributed by atoms with Gasteiger partial charge in [-0.15, -0.1) is 0 Å². The van der Waals surface area contributed by atoms with Crippen LogP contribution in [-0.4, -0.2) is 16.1 Å². The van der Waals surface area contributed by atoms with Crippen molar-refractivity contribution >= 4 is 39.5 Å². The van der Waals surface area contributed by atoms with Crippen LogP contribution in [0.1, 0.15) is 10.4 Å². The van der Waals surface area contributed by atoms with Gasteiger partial charge in [0.2, 0.25) is 5.88 Å². The van der Waals surface area contributed by atoms with Crippen LogP contribution in [0.5, 0.6) is 11.6 Å². The second-order valence-electron chi connectivity index (χ2n) is 4.00. The Morgan fingerprint density at radius 2 is 2.15 bits per heavy atom. The fourth-order valence-corrected chi connectivity index (χ4v) is 2.21. The molecule has 0 aliphatic carbocycles. The third kappa shape index (κ3) is 2.34. The molecule has 2 aromatic heterocycles. The van der Waals surface area contributed by atoms with Crippen LogP contribution in [-0.2, 0) is 0 Å². The predicted molar refractivity (Wildman–Crippen MR) is 80.2 cm³/mol. The summed E-state index contributed by atoms with van der Waals surface area (Å²) in [5.41, 5.74) is 0.833. The number of aromatic nitrogens is 1. The van der Waals surface area contributed by atoms with Gasteiger partial charge in [-0.25, -0.2) is 9.78 Å². The number of halogens is 1. The number of carboxylic acid groups (broad SMARTS) is 1. The summed E-state index contributed by atoms with van der Waals surface area (Å²) in [6, 6.07) is 8.19. The maximum Gasteiger partial charge on any atom is 0.335 e. The van der Waals surface area contributed by atoms with E-state index in [4.69, 9.17) is 14.3 Å². The fraction of sp³-hybridized carbons (Fsp3) is 0. The average molecular weight is 381 g/mol. The lowest BCUT2D eigenvalue weighted by Gasteiger charge is -2.08. The van der Waals surface area contributed by atoms with E-state index in [1.807, 2.05) is 0 Å². The van der Waals surface area contributed by atoms with Crippen molar-refractivity contribution < 1.29 is 19.1 Å². The Balaban J connectivity index is 2.04. The van der Waals surface area contributed by atoms with Crippen molar-refractivity contribution in [3.05, 3.63) is 51.9 Å². The van der Waals surface area contributed by atoms with Crippen molar-refractivity contribution in [2.24, 2.45) is 0 Å². The molecule has 0 unspecified atom stereocenters. The van der Waals surface area contributed by atoms with Gasteiger partial charge in [0.05, 0.1) is 20.8 Å². The highest BCUT2D eigenvalue weighted by Gasteiger charge is 2.12. The van der Waals surface area contributed by atoms with Gasteiger partial charge in [0.15, 0.2) is 0 Å². The van der Waals surface area contributed by atoms with Gasteiger partial charge in [-0.05, 0) is 52.9 Å². The Labute approximate surface area is 127 Å². The highest BCUT2D eigenvalue weighted by Crippen LogP contribution is 2.31. The molecule has 1 N–H and O–H groups in total. The second-order valence-corrected chi connectivity index (χ2v) is 5.16. The van der Waals surface area contributed by atoms with E-state index in [0.717, 1.165) is 8.96 Å². The van der Waals surface area contributed by atoms with Gasteiger partial charge in [0.25, 0.3) is 0 Å². The third-order valence-electron chi connectivity index (χ3n) is 2.73. The van der Waals surface area contributed by atoms with Crippen molar-refractivity contribution in [2.75, 3.05) is 0 Å². The lowest BCUT2D eigenvalue weighted by Crippen LogP contribution is -1.98. The molecule has 5 nitrogen and oxygen atoms in total. The minimum absolute atomic E-state index is 0.166. The SMILES string of the molecule is O=C(O)c1ccc(I)c(Oc2nccc3occc23)c1. The maximum atomic E-state index is 11.0. The van der Waals surface area contributed by atoms with Crippen LogP contribution in [0, 0.1) is 3.57 Å². The van der Waals surface area contributed by atoms with Crippen LogP contribution in [0.15, 0.2) is 47.2 Å². The third-order valence-corrected chi connectivity index (χ3v) is 3.62. The van der Waals surface area contributed by atoms with E-state index >= 15 is 0 Å². The second kappa shape index (κ2) is 5.12. The normalized spacial score (nSPS) is 10.7. The Kier molecular flexibility index (Phi) is 3.31. The largest absolute Gasteiger partial charge is 0.478 e. The minimum atomic E-state index is -0.999. The number of carboxylic acids is 1. The number of benzene rings is 1. The first kappa shape index (κ1) is 12.9. The molecule has 0 radical (unpaired) electrons. The molecule has 2 heterocycles. The predicted octanol–water partition coefficient (Wildman–Crippen LogP) is 3.92. The van der Waals surface area contributed by atoms with Crippen LogP contribution in [0.4, 0.5) is 0 Å². The zero-order chi connectivity index (χ0) is 14.1. The van der Waals surface area contributed by atoms with Gasteiger partial charge in [0.1, 0.15) is 11.3 Å². The monoisotopic (exact) mass is 381 g/mol. The zero-order valence-corrected chi connectivity index (χ0v) is 12.2. The smallest absolute Gasteiger partial charge is 0.335 e. The summed E-state index contributed by atoms with van der Waals surface area (Å²) in [5, 5.41) is 9.76. The van der Waals surface area contributed by atoms with E-state index in [2.05, 4.69) is 27.6 Å². The standard InChI is InChI=1S/C14H8INO4/c15-10-2-1-8(14(17)18)7-12(10)20-13-9-4-6-19-11(9)3-5-16-13/h1-7H,(H,17,18). The Bertz CT molecular complexity index is 797. The van der Waals surface area contributed by atoms with Gasteiger partial charge < -0.3 is 14.3 Å². The van der Waals surface area contributed by atoms with Crippen molar-refractivity contribution in [1.29, 1.82) is 0 Å². The van der Waals surface area contributed by atoms with Crippen molar-refractivity contribution in [3.63, 3.8) is 0 Å². The molecule has 0 saturated heterocycles. The molecule has 0 bridgehead atoms. The number of rotatable bonds is 3. The van der Waals surface area contributed by atoms with Crippen LogP contribution in [0.2, 0.25) is 0 Å². The summed E-state index contributed by atoms with van der Waals surface area (Å²) in [5.74, 6) is -0.163. The van der Waals surface area contributed by atoms with E-state index in [1.165, 1.54) is 12.1 Å². The van der Waals surface area contributed by atoms with Crippen LogP contribution in [0.3, 0.4) is 0 Å². The van der Waals surface area contributed by atoms with E-state index in [0.29, 0.717) is 17.2 Å². The molecule has 0 atom stereocenters.